The molecule has 0 bridgehead atoms. The number of thiophene rings is 1. The number of hydrogen-bond acceptors (Lipinski definition) is 5. The number of amides is 3. The van der Waals surface area contributed by atoms with Crippen LogP contribution in [0, 0.1) is 0 Å². The van der Waals surface area contributed by atoms with E-state index in [9.17, 15) is 9.59 Å². The normalized spacial score (nSPS) is 10.7. The number of carbonyl (C=O) groups is 2. The van der Waals surface area contributed by atoms with Crippen molar-refractivity contribution in [2.24, 2.45) is 0 Å². The number of aliphatic hydroxyl groups excluding tert-OH is 1. The number of hydrogen-bond donors (Lipinski definition) is 3. The lowest BCUT2D eigenvalue weighted by atomic mass is 10.2. The minimum Gasteiger partial charge on any atom is -0.395 e. The predicted molar refractivity (Wildman–Crippen MR) is 87.7 cm³/mol. The van der Waals surface area contributed by atoms with Crippen LogP contribution in [-0.2, 0) is 11.3 Å². The molecule has 3 N–H and O–H groups in total. The number of carbonyl (C=O) groups excluding carboxylic acids is 2. The second-order valence-electron chi connectivity index (χ2n) is 5.02. The van der Waals surface area contributed by atoms with Gasteiger partial charge in [-0.1, -0.05) is 25.8 Å². The molecule has 6 nitrogen and oxygen atoms in total. The number of unbranched alkanes of at least 4 members (excludes halogenated alkanes) is 2. The Labute approximate surface area is 135 Å². The lowest BCUT2D eigenvalue weighted by molar-refractivity contribution is -0.121. The molecular weight excluding hydrogens is 302 g/mol. The van der Waals surface area contributed by atoms with E-state index in [0.29, 0.717) is 13.1 Å². The van der Waals surface area contributed by atoms with Gasteiger partial charge in [-0.2, -0.15) is 0 Å². The van der Waals surface area contributed by atoms with Gasteiger partial charge in [0.1, 0.15) is 0 Å². The third kappa shape index (κ3) is 8.11. The summed E-state index contributed by atoms with van der Waals surface area (Å²) in [6.45, 7) is 3.84. The largest absolute Gasteiger partial charge is 0.395 e. The summed E-state index contributed by atoms with van der Waals surface area (Å²) in [5.41, 5.74) is 0. The minimum absolute atomic E-state index is 0.00395. The van der Waals surface area contributed by atoms with E-state index >= 15 is 0 Å². The Hall–Kier alpha value is -1.44. The second kappa shape index (κ2) is 11.2. The second-order valence-corrected chi connectivity index (χ2v) is 6.05. The van der Waals surface area contributed by atoms with E-state index in [-0.39, 0.29) is 19.1 Å². The van der Waals surface area contributed by atoms with Crippen molar-refractivity contribution in [1.29, 1.82) is 0 Å². The fraction of sp³-hybridized carbons (Fsp3) is 0.600. The van der Waals surface area contributed by atoms with Crippen LogP contribution in [0.1, 0.15) is 31.1 Å². The molecule has 0 spiro atoms. The van der Waals surface area contributed by atoms with Gasteiger partial charge in [-0.15, -0.1) is 11.3 Å². The molecule has 1 aromatic heterocycles. The summed E-state index contributed by atoms with van der Waals surface area (Å²) in [5, 5.41) is 15.9. The van der Waals surface area contributed by atoms with Gasteiger partial charge in [-0.05, 0) is 24.4 Å². The van der Waals surface area contributed by atoms with Gasteiger partial charge in [0.15, 0.2) is 0 Å². The molecule has 22 heavy (non-hydrogen) atoms. The van der Waals surface area contributed by atoms with Crippen LogP contribution in [0.4, 0.5) is 4.79 Å². The van der Waals surface area contributed by atoms with E-state index in [1.165, 1.54) is 0 Å². The van der Waals surface area contributed by atoms with Crippen molar-refractivity contribution < 1.29 is 14.7 Å². The molecular formula is C15H25N3O3S. The molecule has 3 amide bonds. The molecule has 0 fully saturated rings. The van der Waals surface area contributed by atoms with Gasteiger partial charge in [-0.3, -0.25) is 15.0 Å². The average Bonchev–Trinajstić information content (AvgIpc) is 2.98. The monoisotopic (exact) mass is 327 g/mol. The fourth-order valence-corrected chi connectivity index (χ4v) is 2.64. The third-order valence-corrected chi connectivity index (χ3v) is 3.99. The van der Waals surface area contributed by atoms with Crippen LogP contribution in [-0.4, -0.2) is 48.2 Å². The third-order valence-electron chi connectivity index (χ3n) is 3.12. The van der Waals surface area contributed by atoms with Crippen molar-refractivity contribution >= 4 is 23.3 Å². The van der Waals surface area contributed by atoms with Crippen LogP contribution in [0.25, 0.3) is 0 Å². The first kappa shape index (κ1) is 18.6. The van der Waals surface area contributed by atoms with Gasteiger partial charge in [0.05, 0.1) is 19.7 Å². The SMILES string of the molecule is CCCCCN(CCO)CC(=O)NC(=O)NCc1cccs1. The van der Waals surface area contributed by atoms with E-state index in [2.05, 4.69) is 17.6 Å². The number of nitrogens with one attached hydrogen (secondary N) is 2. The molecule has 0 saturated carbocycles. The van der Waals surface area contributed by atoms with Gasteiger partial charge in [-0.25, -0.2) is 4.79 Å². The molecule has 0 aliphatic carbocycles. The molecule has 0 radical (unpaired) electrons. The van der Waals surface area contributed by atoms with Crippen molar-refractivity contribution in [3.8, 4) is 0 Å². The first-order chi connectivity index (χ1) is 10.7. The zero-order valence-corrected chi connectivity index (χ0v) is 13.8. The van der Waals surface area contributed by atoms with E-state index in [4.69, 9.17) is 5.11 Å². The van der Waals surface area contributed by atoms with Crippen molar-refractivity contribution in [1.82, 2.24) is 15.5 Å². The maximum absolute atomic E-state index is 11.8. The summed E-state index contributed by atoms with van der Waals surface area (Å²) in [6.07, 6.45) is 3.17. The predicted octanol–water partition coefficient (Wildman–Crippen LogP) is 1.56. The molecule has 0 atom stereocenters. The van der Waals surface area contributed by atoms with Crippen molar-refractivity contribution in [2.45, 2.75) is 32.7 Å². The first-order valence-corrected chi connectivity index (χ1v) is 8.47. The van der Waals surface area contributed by atoms with Crippen LogP contribution in [0.3, 0.4) is 0 Å². The average molecular weight is 327 g/mol. The maximum atomic E-state index is 11.8. The number of nitrogens with zero attached hydrogens (tertiary/aromatic N) is 1. The van der Waals surface area contributed by atoms with Crippen molar-refractivity contribution in [3.63, 3.8) is 0 Å². The van der Waals surface area contributed by atoms with Gasteiger partial charge in [0.25, 0.3) is 0 Å². The Morgan fingerprint density at radius 3 is 2.77 bits per heavy atom. The lowest BCUT2D eigenvalue weighted by Crippen LogP contribution is -2.45. The van der Waals surface area contributed by atoms with Gasteiger partial charge >= 0.3 is 6.03 Å². The minimum atomic E-state index is -0.490. The molecule has 7 heteroatoms. The van der Waals surface area contributed by atoms with Crippen LogP contribution in [0.15, 0.2) is 17.5 Å². The molecule has 0 aliphatic heterocycles. The first-order valence-electron chi connectivity index (χ1n) is 7.59. The molecule has 0 aliphatic rings. The highest BCUT2D eigenvalue weighted by Gasteiger charge is 2.12. The van der Waals surface area contributed by atoms with E-state index in [1.807, 2.05) is 22.4 Å². The number of urea groups is 1. The molecule has 1 aromatic rings. The number of aliphatic hydroxyl groups is 1. The quantitative estimate of drug-likeness (QED) is 0.570. The smallest absolute Gasteiger partial charge is 0.321 e. The highest BCUT2D eigenvalue weighted by atomic mass is 32.1. The van der Waals surface area contributed by atoms with Crippen LogP contribution in [0.2, 0.25) is 0 Å². The van der Waals surface area contributed by atoms with Crippen molar-refractivity contribution in [3.05, 3.63) is 22.4 Å². The van der Waals surface area contributed by atoms with Crippen LogP contribution in [0.5, 0.6) is 0 Å². The van der Waals surface area contributed by atoms with E-state index < -0.39 is 6.03 Å². The van der Waals surface area contributed by atoms with Gasteiger partial charge in [0, 0.05) is 11.4 Å². The maximum Gasteiger partial charge on any atom is 0.321 e. The summed E-state index contributed by atoms with van der Waals surface area (Å²) in [5.74, 6) is -0.353. The Bertz CT molecular complexity index is 437. The van der Waals surface area contributed by atoms with Crippen molar-refractivity contribution in [2.75, 3.05) is 26.2 Å². The Morgan fingerprint density at radius 1 is 1.32 bits per heavy atom. The molecule has 1 rings (SSSR count). The highest BCUT2D eigenvalue weighted by molar-refractivity contribution is 7.09. The fourth-order valence-electron chi connectivity index (χ4n) is 1.99. The number of imide groups is 1. The lowest BCUT2D eigenvalue weighted by Gasteiger charge is -2.20. The summed E-state index contributed by atoms with van der Waals surface area (Å²) in [6, 6.07) is 3.34. The zero-order chi connectivity index (χ0) is 16.2. The topological polar surface area (TPSA) is 81.7 Å². The van der Waals surface area contributed by atoms with Gasteiger partial charge < -0.3 is 10.4 Å². The van der Waals surface area contributed by atoms with E-state index in [1.54, 1.807) is 11.3 Å². The Morgan fingerprint density at radius 2 is 2.14 bits per heavy atom. The molecule has 0 aromatic carbocycles. The molecule has 0 unspecified atom stereocenters. The molecule has 0 saturated heterocycles. The van der Waals surface area contributed by atoms with Crippen LogP contribution >= 0.6 is 11.3 Å². The zero-order valence-electron chi connectivity index (χ0n) is 13.0. The Balaban J connectivity index is 2.27. The standard InChI is InChI=1S/C15H25N3O3S/c1-2-3-4-7-18(8-9-19)12-14(20)17-15(21)16-11-13-6-5-10-22-13/h5-6,10,19H,2-4,7-9,11-12H2,1H3,(H2,16,17,20,21). The van der Waals surface area contributed by atoms with Gasteiger partial charge in [0.2, 0.25) is 5.91 Å². The Kier molecular flexibility index (Phi) is 9.45. The summed E-state index contributed by atoms with van der Waals surface area (Å²) >= 11 is 1.55. The van der Waals surface area contributed by atoms with E-state index in [0.717, 1.165) is 30.7 Å². The molecule has 124 valence electrons. The number of rotatable bonds is 10. The molecule has 1 heterocycles. The summed E-state index contributed by atoms with van der Waals surface area (Å²) in [7, 11) is 0. The van der Waals surface area contributed by atoms with Crippen LogP contribution < -0.4 is 10.6 Å². The highest BCUT2D eigenvalue weighted by Crippen LogP contribution is 2.07. The summed E-state index contributed by atoms with van der Waals surface area (Å²) < 4.78 is 0. The summed E-state index contributed by atoms with van der Waals surface area (Å²) in [4.78, 5) is 26.4.